The van der Waals surface area contributed by atoms with E-state index in [9.17, 15) is 8.42 Å². The van der Waals surface area contributed by atoms with Crippen LogP contribution in [0.2, 0.25) is 0 Å². The molecule has 4 nitrogen and oxygen atoms in total. The molecule has 0 aliphatic heterocycles. The Kier molecular flexibility index (Phi) is 4.38. The topological polar surface area (TPSA) is 72.2 Å². The lowest BCUT2D eigenvalue weighted by molar-refractivity contribution is 0.570. The van der Waals surface area contributed by atoms with Crippen LogP contribution in [0.1, 0.15) is 24.5 Å². The number of anilines is 1. The fourth-order valence-corrected chi connectivity index (χ4v) is 3.32. The summed E-state index contributed by atoms with van der Waals surface area (Å²) in [6.45, 7) is 5.39. The minimum Gasteiger partial charge on any atom is -0.398 e. The Morgan fingerprint density at radius 2 is 2.06 bits per heavy atom. The molecular formula is C13H18N2O2S. The predicted molar refractivity (Wildman–Crippen MR) is 73.6 cm³/mol. The third kappa shape index (κ3) is 2.84. The highest BCUT2D eigenvalue weighted by molar-refractivity contribution is 7.89. The molecule has 1 aromatic rings. The number of aryl methyl sites for hydroxylation is 1. The van der Waals surface area contributed by atoms with E-state index in [0.717, 1.165) is 5.56 Å². The van der Waals surface area contributed by atoms with Gasteiger partial charge in [-0.15, -0.1) is 6.42 Å². The monoisotopic (exact) mass is 266 g/mol. The minimum absolute atomic E-state index is 0.121. The van der Waals surface area contributed by atoms with Crippen molar-refractivity contribution in [3.05, 3.63) is 23.3 Å². The average molecular weight is 266 g/mol. The van der Waals surface area contributed by atoms with Gasteiger partial charge in [-0.05, 0) is 37.5 Å². The predicted octanol–water partition coefficient (Wildman–Crippen LogP) is 1.58. The lowest BCUT2D eigenvalue weighted by atomic mass is 10.1. The number of benzene rings is 1. The van der Waals surface area contributed by atoms with E-state index < -0.39 is 16.1 Å². The number of nitrogens with one attached hydrogen (secondary N) is 1. The molecule has 18 heavy (non-hydrogen) atoms. The number of hydrogen-bond acceptors (Lipinski definition) is 3. The van der Waals surface area contributed by atoms with Crippen molar-refractivity contribution in [1.82, 2.24) is 4.72 Å². The fourth-order valence-electron chi connectivity index (χ4n) is 1.65. The van der Waals surface area contributed by atoms with E-state index >= 15 is 0 Å². The van der Waals surface area contributed by atoms with Crippen molar-refractivity contribution in [2.45, 2.75) is 38.1 Å². The molecule has 0 fully saturated rings. The molecule has 1 rings (SSSR count). The molecule has 0 bridgehead atoms. The summed E-state index contributed by atoms with van der Waals surface area (Å²) in [5.74, 6) is 2.40. The van der Waals surface area contributed by atoms with Crippen molar-refractivity contribution in [3.63, 3.8) is 0 Å². The van der Waals surface area contributed by atoms with Crippen LogP contribution in [-0.4, -0.2) is 14.5 Å². The molecule has 0 saturated carbocycles. The van der Waals surface area contributed by atoms with E-state index in [2.05, 4.69) is 10.6 Å². The van der Waals surface area contributed by atoms with Gasteiger partial charge in [-0.25, -0.2) is 8.42 Å². The van der Waals surface area contributed by atoms with Gasteiger partial charge in [0.2, 0.25) is 10.0 Å². The molecule has 1 aromatic carbocycles. The highest BCUT2D eigenvalue weighted by Crippen LogP contribution is 2.25. The number of nitrogen functional groups attached to an aromatic ring is 1. The molecular weight excluding hydrogens is 248 g/mol. The summed E-state index contributed by atoms with van der Waals surface area (Å²) in [6, 6.07) is 2.87. The van der Waals surface area contributed by atoms with E-state index in [-0.39, 0.29) is 10.6 Å². The smallest absolute Gasteiger partial charge is 0.243 e. The van der Waals surface area contributed by atoms with Crippen molar-refractivity contribution >= 4 is 15.7 Å². The maximum absolute atomic E-state index is 12.3. The molecule has 3 N–H and O–H groups in total. The highest BCUT2D eigenvalue weighted by atomic mass is 32.2. The second-order valence-electron chi connectivity index (χ2n) is 4.17. The zero-order chi connectivity index (χ0) is 13.9. The van der Waals surface area contributed by atoms with Gasteiger partial charge in [0.1, 0.15) is 4.90 Å². The zero-order valence-electron chi connectivity index (χ0n) is 10.8. The molecule has 1 unspecified atom stereocenters. The third-order valence-corrected chi connectivity index (χ3v) is 4.56. The van der Waals surface area contributed by atoms with Crippen molar-refractivity contribution in [3.8, 4) is 12.3 Å². The number of nitrogens with two attached hydrogens (primary N) is 1. The molecule has 0 aliphatic rings. The summed E-state index contributed by atoms with van der Waals surface area (Å²) in [7, 11) is -3.69. The van der Waals surface area contributed by atoms with Gasteiger partial charge in [0.05, 0.1) is 11.7 Å². The van der Waals surface area contributed by atoms with E-state index in [1.54, 1.807) is 19.1 Å². The van der Waals surface area contributed by atoms with E-state index in [1.165, 1.54) is 0 Å². The third-order valence-electron chi connectivity index (χ3n) is 2.88. The van der Waals surface area contributed by atoms with Crippen LogP contribution in [0.5, 0.6) is 0 Å². The molecule has 0 aromatic heterocycles. The van der Waals surface area contributed by atoms with Crippen LogP contribution in [0.3, 0.4) is 0 Å². The molecule has 0 saturated heterocycles. The number of hydrogen-bond donors (Lipinski definition) is 2. The van der Waals surface area contributed by atoms with Gasteiger partial charge in [-0.1, -0.05) is 18.9 Å². The SMILES string of the molecule is C#CC(CC)NS(=O)(=O)c1c(N)ccc(C)c1C. The Morgan fingerprint density at radius 1 is 1.44 bits per heavy atom. The Labute approximate surface area is 109 Å². The van der Waals surface area contributed by atoms with E-state index in [4.69, 9.17) is 12.2 Å². The first-order chi connectivity index (χ1) is 8.33. The average Bonchev–Trinajstić information content (AvgIpc) is 2.31. The van der Waals surface area contributed by atoms with Crippen molar-refractivity contribution in [2.24, 2.45) is 0 Å². The molecule has 0 heterocycles. The molecule has 0 spiro atoms. The van der Waals surface area contributed by atoms with E-state index in [0.29, 0.717) is 12.0 Å². The summed E-state index contributed by atoms with van der Waals surface area (Å²) in [5.41, 5.74) is 7.52. The van der Waals surface area contributed by atoms with Crippen molar-refractivity contribution < 1.29 is 8.42 Å². The summed E-state index contributed by atoms with van der Waals surface area (Å²) in [5, 5.41) is 0. The van der Waals surface area contributed by atoms with Gasteiger partial charge < -0.3 is 5.73 Å². The fraction of sp³-hybridized carbons (Fsp3) is 0.385. The minimum atomic E-state index is -3.69. The second-order valence-corrected chi connectivity index (χ2v) is 5.83. The van der Waals surface area contributed by atoms with E-state index in [1.807, 2.05) is 13.8 Å². The van der Waals surface area contributed by atoms with Gasteiger partial charge in [-0.2, -0.15) is 4.72 Å². The van der Waals surface area contributed by atoms with Crippen LogP contribution in [0.4, 0.5) is 5.69 Å². The molecule has 5 heteroatoms. The largest absolute Gasteiger partial charge is 0.398 e. The molecule has 0 aliphatic carbocycles. The standard InChI is InChI=1S/C13H18N2O2S/c1-5-11(6-2)15-18(16,17)13-10(4)9(3)7-8-12(13)14/h1,7-8,11,15H,6,14H2,2-4H3. The van der Waals surface area contributed by atoms with Crippen LogP contribution >= 0.6 is 0 Å². The number of sulfonamides is 1. The normalized spacial score (nSPS) is 13.0. The Hall–Kier alpha value is -1.51. The molecule has 1 atom stereocenters. The Morgan fingerprint density at radius 3 is 2.56 bits per heavy atom. The lowest BCUT2D eigenvalue weighted by Crippen LogP contribution is -2.34. The van der Waals surface area contributed by atoms with Gasteiger partial charge in [-0.3, -0.25) is 0 Å². The van der Waals surface area contributed by atoms with Crippen LogP contribution in [0.25, 0.3) is 0 Å². The van der Waals surface area contributed by atoms with Gasteiger partial charge in [0.15, 0.2) is 0 Å². The Balaban J connectivity index is 3.30. The first-order valence-corrected chi connectivity index (χ1v) is 7.16. The maximum Gasteiger partial charge on any atom is 0.243 e. The maximum atomic E-state index is 12.3. The summed E-state index contributed by atoms with van der Waals surface area (Å²) in [4.78, 5) is 0.121. The van der Waals surface area contributed by atoms with Gasteiger partial charge in [0, 0.05) is 0 Å². The first-order valence-electron chi connectivity index (χ1n) is 5.67. The van der Waals surface area contributed by atoms with Crippen LogP contribution in [0.15, 0.2) is 17.0 Å². The quantitative estimate of drug-likeness (QED) is 0.642. The molecule has 98 valence electrons. The summed E-state index contributed by atoms with van der Waals surface area (Å²) in [6.07, 6.45) is 5.79. The van der Waals surface area contributed by atoms with Crippen molar-refractivity contribution in [2.75, 3.05) is 5.73 Å². The summed E-state index contributed by atoms with van der Waals surface area (Å²) >= 11 is 0. The lowest BCUT2D eigenvalue weighted by Gasteiger charge is -2.16. The molecule has 0 amide bonds. The Bertz CT molecular complexity index is 586. The van der Waals surface area contributed by atoms with Crippen LogP contribution in [0, 0.1) is 26.2 Å². The zero-order valence-corrected chi connectivity index (χ0v) is 11.6. The highest BCUT2D eigenvalue weighted by Gasteiger charge is 2.23. The second kappa shape index (κ2) is 5.42. The van der Waals surface area contributed by atoms with Crippen molar-refractivity contribution in [1.29, 1.82) is 0 Å². The van der Waals surface area contributed by atoms with Gasteiger partial charge >= 0.3 is 0 Å². The summed E-state index contributed by atoms with van der Waals surface area (Å²) < 4.78 is 27.0. The first kappa shape index (κ1) is 14.6. The number of terminal acetylenes is 1. The van der Waals surface area contributed by atoms with Crippen LogP contribution < -0.4 is 10.5 Å². The number of rotatable bonds is 4. The van der Waals surface area contributed by atoms with Gasteiger partial charge in [0.25, 0.3) is 0 Å². The van der Waals surface area contributed by atoms with Crippen LogP contribution in [-0.2, 0) is 10.0 Å². The molecule has 0 radical (unpaired) electrons.